The van der Waals surface area contributed by atoms with E-state index in [0.717, 1.165) is 56.5 Å². The normalized spacial score (nSPS) is 45.5. The van der Waals surface area contributed by atoms with Crippen molar-refractivity contribution in [2.75, 3.05) is 43.6 Å². The summed E-state index contributed by atoms with van der Waals surface area (Å²) in [7, 11) is 7.06. The lowest BCUT2D eigenvalue weighted by molar-refractivity contribution is -0.424. The van der Waals surface area contributed by atoms with Crippen LogP contribution in [0.25, 0.3) is 11.0 Å². The standard InChI is InChI=1S/C49H69NO13S4/c1-3-59-38(55)13-9-28-19-29-14-17-60-40(29)42-41(28)62-44-49(58)39-30(7-10-34(52)33(39)22-51)20-47(57,43(49)56)48(63-44)26-66-67-46-21-32(45(25-46)15-4-5-36(45)53)24-65-64-23-31(8-12-37(48)54)27(2)6-11-35(46)50-16-18-61-42/h7,10,14,17,19,27,30-37,39,43-44,50-54,56-58H,3-6,8-9,11-13,15-16,18,20-26H2,1-2H3/t27-,30-,31+,32+,33-,34+,35+,36+,37-,39+,43-,44+,45-,46+,47-,48+,49+/m0/s1. The van der Waals surface area contributed by atoms with Crippen molar-refractivity contribution in [2.24, 2.45) is 40.9 Å². The average molecular weight is 1010 g/mol. The van der Waals surface area contributed by atoms with E-state index < -0.39 is 82.6 Å². The van der Waals surface area contributed by atoms with Crippen molar-refractivity contribution in [3.8, 4) is 11.5 Å². The maximum Gasteiger partial charge on any atom is 0.306 e. The average Bonchev–Trinajstić information content (AvgIpc) is 4.02. The molecule has 0 unspecified atom stereocenters. The van der Waals surface area contributed by atoms with Crippen LogP contribution in [0.3, 0.4) is 0 Å². The number of nitrogens with one attached hydrogen (secondary N) is 1. The summed E-state index contributed by atoms with van der Waals surface area (Å²) >= 11 is 0. The van der Waals surface area contributed by atoms with Crippen LogP contribution in [0.2, 0.25) is 0 Å². The number of aliphatic hydroxyl groups is 7. The molecule has 3 spiro atoms. The number of hydrogen-bond acceptors (Lipinski definition) is 18. The molecule has 4 aliphatic carbocycles. The molecule has 3 saturated heterocycles. The summed E-state index contributed by atoms with van der Waals surface area (Å²) in [5.74, 6) is -0.351. The second-order valence-electron chi connectivity index (χ2n) is 21.1. The van der Waals surface area contributed by atoms with Crippen molar-refractivity contribution < 1.29 is 63.9 Å². The summed E-state index contributed by atoms with van der Waals surface area (Å²) in [6.07, 6.45) is 5.06. The van der Waals surface area contributed by atoms with Crippen LogP contribution in [-0.2, 0) is 20.7 Å². The predicted molar refractivity (Wildman–Crippen MR) is 260 cm³/mol. The van der Waals surface area contributed by atoms with E-state index in [4.69, 9.17) is 23.4 Å². The van der Waals surface area contributed by atoms with E-state index >= 15 is 0 Å². The highest BCUT2D eigenvalue weighted by molar-refractivity contribution is 8.77. The first-order valence-corrected chi connectivity index (χ1v) is 29.4. The number of fused-ring (bicyclic) bond motifs is 16. The van der Waals surface area contributed by atoms with E-state index in [9.17, 15) is 40.5 Å². The van der Waals surface area contributed by atoms with E-state index in [1.165, 1.54) is 17.1 Å². The Morgan fingerprint density at radius 3 is 2.61 bits per heavy atom. The number of aryl methyl sites for hydroxylation is 1. The molecule has 1 aromatic heterocycles. The Hall–Kier alpha value is -1.39. The summed E-state index contributed by atoms with van der Waals surface area (Å²) in [5.41, 5.74) is -6.09. The van der Waals surface area contributed by atoms with Gasteiger partial charge in [0.2, 0.25) is 12.0 Å². The van der Waals surface area contributed by atoms with Gasteiger partial charge in [-0.3, -0.25) is 4.79 Å². The number of aliphatic hydroxyl groups excluding tert-OH is 5. The van der Waals surface area contributed by atoms with Crippen LogP contribution in [0.1, 0.15) is 90.0 Å². The topological polar surface area (TPSA) is 221 Å². The van der Waals surface area contributed by atoms with Gasteiger partial charge in [-0.05, 0) is 112 Å². The monoisotopic (exact) mass is 1010 g/mol. The maximum absolute atomic E-state index is 13.6. The summed E-state index contributed by atoms with van der Waals surface area (Å²) < 4.78 is 32.2. The SMILES string of the molecule is CCOC(=O)CCc1cc2ccoc2c2c1O[C@@H]1O[C@@]3(CSS[C@@]45C[C@H](CSSC[C@@H](CC[C@@H]3O)[C@@H](C)CC[C@H]4NCCO2)[C@]2(CCC[C@H]2O)C5)[C@]2(O)C[C@@H]3C=C[C@@H](O)[C@H](CO)[C@@H]3[C@@]1(O)[C@H]2O. The summed E-state index contributed by atoms with van der Waals surface area (Å²) in [6, 6.07) is 3.61. The second-order valence-corrected chi connectivity index (χ2v) is 26.3. The highest BCUT2D eigenvalue weighted by Gasteiger charge is 2.78. The number of ether oxygens (including phenoxy) is 4. The zero-order valence-corrected chi connectivity index (χ0v) is 41.7. The molecule has 2 aromatic rings. The first kappa shape index (κ1) is 49.2. The molecule has 0 radical (unpaired) electrons. The molecule has 4 aliphatic heterocycles. The van der Waals surface area contributed by atoms with Gasteiger partial charge in [0.15, 0.2) is 16.9 Å². The fourth-order valence-electron chi connectivity index (χ4n) is 14.2. The second kappa shape index (κ2) is 19.2. The van der Waals surface area contributed by atoms with Crippen LogP contribution in [0.5, 0.6) is 11.5 Å². The van der Waals surface area contributed by atoms with Crippen molar-refractivity contribution in [1.29, 1.82) is 0 Å². The third-order valence-corrected chi connectivity index (χ3v) is 23.7. The molecule has 5 heterocycles. The van der Waals surface area contributed by atoms with Crippen LogP contribution in [0.4, 0.5) is 0 Å². The maximum atomic E-state index is 13.6. The lowest BCUT2D eigenvalue weighted by atomic mass is 9.50. The van der Waals surface area contributed by atoms with Crippen molar-refractivity contribution >= 4 is 60.1 Å². The van der Waals surface area contributed by atoms with Crippen molar-refractivity contribution in [2.45, 2.75) is 149 Å². The van der Waals surface area contributed by atoms with E-state index in [1.54, 1.807) is 35.9 Å². The van der Waals surface area contributed by atoms with Crippen LogP contribution < -0.4 is 14.8 Å². The Morgan fingerprint density at radius 1 is 0.985 bits per heavy atom. The van der Waals surface area contributed by atoms with E-state index in [2.05, 4.69) is 12.2 Å². The lowest BCUT2D eigenvalue weighted by Gasteiger charge is -2.67. The first-order chi connectivity index (χ1) is 32.2. The van der Waals surface area contributed by atoms with Gasteiger partial charge in [0, 0.05) is 70.3 Å². The minimum atomic E-state index is -2.48. The molecular weight excluding hydrogens is 939 g/mol. The molecule has 372 valence electrons. The van der Waals surface area contributed by atoms with E-state index in [-0.39, 0.29) is 85.4 Å². The highest BCUT2D eigenvalue weighted by Crippen LogP contribution is 2.67. The Labute approximate surface area is 408 Å². The lowest BCUT2D eigenvalue weighted by Crippen LogP contribution is -2.86. The smallest absolute Gasteiger partial charge is 0.306 e. The van der Waals surface area contributed by atoms with Gasteiger partial charge in [-0.25, -0.2) is 0 Å². The molecule has 18 heteroatoms. The molecule has 17 atom stereocenters. The molecule has 1 aromatic carbocycles. The number of carbonyl (C=O) groups excluding carboxylic acids is 1. The molecular formula is C49H69NO13S4. The van der Waals surface area contributed by atoms with Crippen molar-refractivity contribution in [3.05, 3.63) is 36.1 Å². The van der Waals surface area contributed by atoms with Crippen molar-refractivity contribution in [3.63, 3.8) is 0 Å². The zero-order chi connectivity index (χ0) is 46.9. The molecule has 6 fully saturated rings. The molecule has 67 heavy (non-hydrogen) atoms. The van der Waals surface area contributed by atoms with Crippen LogP contribution >= 0.6 is 43.2 Å². The number of rotatable bonds is 5. The number of allylic oxidation sites excluding steroid dienone is 1. The van der Waals surface area contributed by atoms with E-state index in [1.807, 2.05) is 27.7 Å². The number of furan rings is 1. The fourth-order valence-corrected chi connectivity index (χ4v) is 21.3. The number of hydrogen-bond donors (Lipinski definition) is 8. The molecule has 8 aliphatic rings. The van der Waals surface area contributed by atoms with Gasteiger partial charge in [0.1, 0.15) is 23.9 Å². The minimum absolute atomic E-state index is 0.00416. The van der Waals surface area contributed by atoms with Gasteiger partial charge in [-0.1, -0.05) is 68.7 Å². The molecule has 8 bridgehead atoms. The highest BCUT2D eigenvalue weighted by atomic mass is 33.1. The third kappa shape index (κ3) is 8.12. The van der Waals surface area contributed by atoms with Crippen LogP contribution in [-0.4, -0.2) is 144 Å². The van der Waals surface area contributed by atoms with Crippen LogP contribution in [0, 0.1) is 40.9 Å². The van der Waals surface area contributed by atoms with E-state index in [0.29, 0.717) is 29.5 Å². The number of benzene rings is 1. The molecule has 14 nitrogen and oxygen atoms in total. The van der Waals surface area contributed by atoms with Gasteiger partial charge in [0.25, 0.3) is 0 Å². The molecule has 10 rings (SSSR count). The minimum Gasteiger partial charge on any atom is -0.485 e. The first-order valence-electron chi connectivity index (χ1n) is 24.6. The van der Waals surface area contributed by atoms with Crippen LogP contribution in [0.15, 0.2) is 35.0 Å². The number of carbonyl (C=O) groups is 1. The fraction of sp³-hybridized carbons (Fsp3) is 0.776. The number of esters is 1. The van der Waals surface area contributed by atoms with Crippen molar-refractivity contribution in [1.82, 2.24) is 5.32 Å². The van der Waals surface area contributed by atoms with Gasteiger partial charge in [-0.2, -0.15) is 0 Å². The third-order valence-electron chi connectivity index (χ3n) is 17.8. The molecule has 8 N–H and O–H groups in total. The van der Waals surface area contributed by atoms with Gasteiger partial charge < -0.3 is 64.4 Å². The largest absolute Gasteiger partial charge is 0.485 e. The predicted octanol–water partition coefficient (Wildman–Crippen LogP) is 5.40. The molecule has 3 saturated carbocycles. The summed E-state index contributed by atoms with van der Waals surface area (Å²) in [6.45, 7) is 4.33. The summed E-state index contributed by atoms with van der Waals surface area (Å²) in [5, 5.41) is 92.3. The van der Waals surface area contributed by atoms with Gasteiger partial charge in [-0.15, -0.1) is 0 Å². The Bertz CT molecular complexity index is 2150. The Kier molecular flexibility index (Phi) is 14.1. The quantitative estimate of drug-likeness (QED) is 0.107. The Morgan fingerprint density at radius 2 is 1.82 bits per heavy atom. The molecule has 0 amide bonds. The van der Waals surface area contributed by atoms with Gasteiger partial charge >= 0.3 is 5.97 Å². The van der Waals surface area contributed by atoms with Gasteiger partial charge in [0.05, 0.1) is 31.2 Å². The summed E-state index contributed by atoms with van der Waals surface area (Å²) in [4.78, 5) is 12.9. The Balaban J connectivity index is 1.19. The zero-order valence-electron chi connectivity index (χ0n) is 38.5.